The fourth-order valence-corrected chi connectivity index (χ4v) is 1.79. The molecule has 0 radical (unpaired) electrons. The van der Waals surface area contributed by atoms with E-state index in [1.165, 1.54) is 0 Å². The molecule has 1 aromatic heterocycles. The maximum Gasteiger partial charge on any atom is 0.241 e. The van der Waals surface area contributed by atoms with Crippen molar-refractivity contribution >= 4 is 11.6 Å². The zero-order valence-electron chi connectivity index (χ0n) is 8.86. The molecule has 0 spiro atoms. The average molecular weight is 208 g/mol. The first-order chi connectivity index (χ1) is 7.25. The summed E-state index contributed by atoms with van der Waals surface area (Å²) in [5.41, 5.74) is 0.759. The van der Waals surface area contributed by atoms with Crippen LogP contribution in [0.15, 0.2) is 12.4 Å². The third kappa shape index (κ3) is 2.56. The van der Waals surface area contributed by atoms with Gasteiger partial charge in [0.15, 0.2) is 0 Å². The molecule has 1 fully saturated rings. The zero-order chi connectivity index (χ0) is 10.7. The average Bonchev–Trinajstić information content (AvgIpc) is 2.65. The van der Waals surface area contributed by atoms with Gasteiger partial charge in [0.1, 0.15) is 0 Å². The highest BCUT2D eigenvalue weighted by Gasteiger charge is 2.20. The van der Waals surface area contributed by atoms with Crippen LogP contribution in [-0.4, -0.2) is 28.3 Å². The van der Waals surface area contributed by atoms with Crippen molar-refractivity contribution < 1.29 is 4.79 Å². The molecule has 1 saturated heterocycles. The highest BCUT2D eigenvalue weighted by molar-refractivity contribution is 5.94. The van der Waals surface area contributed by atoms with Crippen molar-refractivity contribution in [1.82, 2.24) is 15.1 Å². The molecule has 2 heterocycles. The van der Waals surface area contributed by atoms with Crippen molar-refractivity contribution in [2.24, 2.45) is 7.05 Å². The number of rotatable bonds is 2. The fourth-order valence-electron chi connectivity index (χ4n) is 1.79. The quantitative estimate of drug-likeness (QED) is 0.744. The Morgan fingerprint density at radius 3 is 3.13 bits per heavy atom. The van der Waals surface area contributed by atoms with Crippen LogP contribution in [0.1, 0.15) is 19.3 Å². The van der Waals surface area contributed by atoms with Crippen LogP contribution in [-0.2, 0) is 11.8 Å². The van der Waals surface area contributed by atoms with E-state index in [4.69, 9.17) is 0 Å². The molecule has 5 heteroatoms. The Bertz CT molecular complexity index is 341. The van der Waals surface area contributed by atoms with E-state index in [-0.39, 0.29) is 11.9 Å². The lowest BCUT2D eigenvalue weighted by molar-refractivity contribution is -0.118. The Morgan fingerprint density at radius 1 is 1.67 bits per heavy atom. The molecule has 1 aromatic rings. The van der Waals surface area contributed by atoms with Crippen molar-refractivity contribution in [3.63, 3.8) is 0 Å². The third-order valence-corrected chi connectivity index (χ3v) is 2.60. The van der Waals surface area contributed by atoms with Gasteiger partial charge >= 0.3 is 0 Å². The molecule has 0 aliphatic carbocycles. The SMILES string of the molecule is Cn1cc(NC(=O)[C@@H]2CCCCN2)cn1. The van der Waals surface area contributed by atoms with E-state index in [0.29, 0.717) is 0 Å². The summed E-state index contributed by atoms with van der Waals surface area (Å²) in [6.45, 7) is 0.936. The second kappa shape index (κ2) is 4.44. The first-order valence-electron chi connectivity index (χ1n) is 5.28. The summed E-state index contributed by atoms with van der Waals surface area (Å²) >= 11 is 0. The summed E-state index contributed by atoms with van der Waals surface area (Å²) in [6, 6.07) is -0.0426. The van der Waals surface area contributed by atoms with Crippen molar-refractivity contribution in [3.8, 4) is 0 Å². The summed E-state index contributed by atoms with van der Waals surface area (Å²) in [5.74, 6) is 0.0442. The van der Waals surface area contributed by atoms with Crippen LogP contribution in [0.25, 0.3) is 0 Å². The van der Waals surface area contributed by atoms with E-state index < -0.39 is 0 Å². The summed E-state index contributed by atoms with van der Waals surface area (Å²) in [4.78, 5) is 11.8. The van der Waals surface area contributed by atoms with Gasteiger partial charge in [-0.25, -0.2) is 0 Å². The van der Waals surface area contributed by atoms with Crippen LogP contribution in [0.3, 0.4) is 0 Å². The number of anilines is 1. The summed E-state index contributed by atoms with van der Waals surface area (Å²) in [7, 11) is 1.83. The van der Waals surface area contributed by atoms with Crippen molar-refractivity contribution in [2.45, 2.75) is 25.3 Å². The standard InChI is InChI=1S/C10H16N4O/c1-14-7-8(6-12-14)13-10(15)9-4-2-3-5-11-9/h6-7,9,11H,2-5H2,1H3,(H,13,15)/t9-/m0/s1. The lowest BCUT2D eigenvalue weighted by atomic mass is 10.0. The number of piperidine rings is 1. The largest absolute Gasteiger partial charge is 0.322 e. The molecule has 1 atom stereocenters. The van der Waals surface area contributed by atoms with Gasteiger partial charge in [0.2, 0.25) is 5.91 Å². The van der Waals surface area contributed by atoms with Crippen molar-refractivity contribution in [2.75, 3.05) is 11.9 Å². The van der Waals surface area contributed by atoms with E-state index in [9.17, 15) is 4.79 Å². The van der Waals surface area contributed by atoms with Gasteiger partial charge in [-0.05, 0) is 19.4 Å². The topological polar surface area (TPSA) is 59.0 Å². The second-order valence-corrected chi connectivity index (χ2v) is 3.89. The molecule has 1 amide bonds. The lowest BCUT2D eigenvalue weighted by Crippen LogP contribution is -2.43. The normalized spacial score (nSPS) is 21.3. The number of nitrogens with one attached hydrogen (secondary N) is 2. The van der Waals surface area contributed by atoms with Crippen LogP contribution in [0.5, 0.6) is 0 Å². The number of carbonyl (C=O) groups is 1. The highest BCUT2D eigenvalue weighted by atomic mass is 16.2. The summed E-state index contributed by atoms with van der Waals surface area (Å²) in [5, 5.41) is 10.1. The number of aryl methyl sites for hydroxylation is 1. The van der Waals surface area contributed by atoms with Crippen LogP contribution in [0.2, 0.25) is 0 Å². The van der Waals surface area contributed by atoms with E-state index in [1.54, 1.807) is 17.1 Å². The summed E-state index contributed by atoms with van der Waals surface area (Å²) < 4.78 is 1.67. The Balaban J connectivity index is 1.91. The first-order valence-corrected chi connectivity index (χ1v) is 5.28. The molecule has 0 bridgehead atoms. The van der Waals surface area contributed by atoms with Gasteiger partial charge in [-0.3, -0.25) is 9.48 Å². The lowest BCUT2D eigenvalue weighted by Gasteiger charge is -2.22. The van der Waals surface area contributed by atoms with Gasteiger partial charge in [-0.15, -0.1) is 0 Å². The monoisotopic (exact) mass is 208 g/mol. The van der Waals surface area contributed by atoms with E-state index in [2.05, 4.69) is 15.7 Å². The third-order valence-electron chi connectivity index (χ3n) is 2.60. The number of hydrogen-bond donors (Lipinski definition) is 2. The molecule has 1 aliphatic rings. The van der Waals surface area contributed by atoms with Gasteiger partial charge in [-0.2, -0.15) is 5.10 Å². The second-order valence-electron chi connectivity index (χ2n) is 3.89. The molecule has 5 nitrogen and oxygen atoms in total. The van der Waals surface area contributed by atoms with Crippen LogP contribution < -0.4 is 10.6 Å². The van der Waals surface area contributed by atoms with E-state index in [0.717, 1.165) is 31.5 Å². The Kier molecular flexibility index (Phi) is 3.01. The molecular weight excluding hydrogens is 192 g/mol. The minimum Gasteiger partial charge on any atom is -0.322 e. The van der Waals surface area contributed by atoms with Crippen LogP contribution in [0, 0.1) is 0 Å². The van der Waals surface area contributed by atoms with Crippen LogP contribution >= 0.6 is 0 Å². The Morgan fingerprint density at radius 2 is 2.53 bits per heavy atom. The fraction of sp³-hybridized carbons (Fsp3) is 0.600. The molecule has 0 saturated carbocycles. The van der Waals surface area contributed by atoms with Gasteiger partial charge in [0.05, 0.1) is 17.9 Å². The zero-order valence-corrected chi connectivity index (χ0v) is 8.86. The maximum absolute atomic E-state index is 11.8. The minimum atomic E-state index is -0.0426. The highest BCUT2D eigenvalue weighted by Crippen LogP contribution is 2.10. The number of carbonyl (C=O) groups excluding carboxylic acids is 1. The number of amides is 1. The number of hydrogen-bond acceptors (Lipinski definition) is 3. The molecule has 1 aliphatic heterocycles. The minimum absolute atomic E-state index is 0.0426. The van der Waals surface area contributed by atoms with Gasteiger partial charge in [0.25, 0.3) is 0 Å². The number of aromatic nitrogens is 2. The van der Waals surface area contributed by atoms with Gasteiger partial charge < -0.3 is 10.6 Å². The Labute approximate surface area is 88.8 Å². The molecule has 2 rings (SSSR count). The predicted molar refractivity (Wildman–Crippen MR) is 57.5 cm³/mol. The van der Waals surface area contributed by atoms with Crippen LogP contribution in [0.4, 0.5) is 5.69 Å². The molecular formula is C10H16N4O. The number of nitrogens with zero attached hydrogens (tertiary/aromatic N) is 2. The van der Waals surface area contributed by atoms with Crippen molar-refractivity contribution in [3.05, 3.63) is 12.4 Å². The van der Waals surface area contributed by atoms with Gasteiger partial charge in [-0.1, -0.05) is 6.42 Å². The smallest absolute Gasteiger partial charge is 0.241 e. The van der Waals surface area contributed by atoms with E-state index >= 15 is 0 Å². The maximum atomic E-state index is 11.8. The first kappa shape index (κ1) is 10.2. The molecule has 15 heavy (non-hydrogen) atoms. The van der Waals surface area contributed by atoms with E-state index in [1.807, 2.05) is 7.05 Å². The Hall–Kier alpha value is -1.36. The molecule has 0 aromatic carbocycles. The molecule has 0 unspecified atom stereocenters. The summed E-state index contributed by atoms with van der Waals surface area (Å²) in [6.07, 6.45) is 6.66. The van der Waals surface area contributed by atoms with Crippen molar-refractivity contribution in [1.29, 1.82) is 0 Å². The molecule has 2 N–H and O–H groups in total. The molecule has 82 valence electrons. The van der Waals surface area contributed by atoms with Gasteiger partial charge in [0, 0.05) is 13.2 Å². The predicted octanol–water partition coefficient (Wildman–Crippen LogP) is 0.501.